The molecule has 0 unspecified atom stereocenters. The molecule has 0 saturated carbocycles. The van der Waals surface area contributed by atoms with E-state index in [4.69, 9.17) is 11.5 Å². The summed E-state index contributed by atoms with van der Waals surface area (Å²) in [6.45, 7) is 0. The summed E-state index contributed by atoms with van der Waals surface area (Å²) >= 11 is 0. The van der Waals surface area contributed by atoms with Crippen LogP contribution in [-0.2, 0) is 0 Å². The van der Waals surface area contributed by atoms with Gasteiger partial charge in [0.05, 0.1) is 5.56 Å². The molecule has 1 amide bonds. The summed E-state index contributed by atoms with van der Waals surface area (Å²) in [7, 11) is 0. The van der Waals surface area contributed by atoms with Gasteiger partial charge in [0.1, 0.15) is 17.3 Å². The van der Waals surface area contributed by atoms with Crippen LogP contribution in [0.1, 0.15) is 10.4 Å². The molecular weight excluding hydrogens is 242 g/mol. The summed E-state index contributed by atoms with van der Waals surface area (Å²) in [6, 6.07) is 8.93. The predicted octanol–water partition coefficient (Wildman–Crippen LogP) is 1.10. The summed E-state index contributed by atoms with van der Waals surface area (Å²) in [5.74, 6) is 0.663. The van der Waals surface area contributed by atoms with Crippen LogP contribution in [-0.4, -0.2) is 20.4 Å². The molecule has 0 aromatic carbocycles. The molecule has 0 aliphatic carbocycles. The average Bonchev–Trinajstić information content (AvgIpc) is 2.74. The van der Waals surface area contributed by atoms with E-state index in [-0.39, 0.29) is 0 Å². The van der Waals surface area contributed by atoms with Crippen molar-refractivity contribution in [3.05, 3.63) is 48.3 Å². The van der Waals surface area contributed by atoms with Crippen LogP contribution in [0, 0.1) is 0 Å². The summed E-state index contributed by atoms with van der Waals surface area (Å²) < 4.78 is 1.72. The second-order valence-corrected chi connectivity index (χ2v) is 4.09. The van der Waals surface area contributed by atoms with E-state index in [1.807, 2.05) is 18.2 Å². The molecule has 0 fully saturated rings. The fourth-order valence-corrected chi connectivity index (χ4v) is 1.98. The highest BCUT2D eigenvalue weighted by atomic mass is 16.1. The maximum atomic E-state index is 11.1. The minimum absolute atomic E-state index is 0.352. The van der Waals surface area contributed by atoms with Crippen molar-refractivity contribution in [3.63, 3.8) is 0 Å². The Labute approximate surface area is 108 Å². The zero-order chi connectivity index (χ0) is 13.4. The molecule has 4 N–H and O–H groups in total. The van der Waals surface area contributed by atoms with Gasteiger partial charge in [-0.25, -0.2) is 9.97 Å². The zero-order valence-electron chi connectivity index (χ0n) is 9.95. The monoisotopic (exact) mass is 253 g/mol. The number of hydrogen-bond acceptors (Lipinski definition) is 4. The Kier molecular flexibility index (Phi) is 2.42. The van der Waals surface area contributed by atoms with Crippen molar-refractivity contribution in [1.82, 2.24) is 14.5 Å². The minimum atomic E-state index is -0.515. The molecule has 3 aromatic rings. The molecule has 6 heteroatoms. The number of rotatable bonds is 2. The highest BCUT2D eigenvalue weighted by Gasteiger charge is 2.12. The third kappa shape index (κ3) is 1.79. The van der Waals surface area contributed by atoms with E-state index in [0.717, 1.165) is 5.39 Å². The summed E-state index contributed by atoms with van der Waals surface area (Å²) in [6.07, 6.45) is 3.11. The van der Waals surface area contributed by atoms with Crippen molar-refractivity contribution in [2.75, 3.05) is 5.73 Å². The first-order valence-corrected chi connectivity index (χ1v) is 5.65. The van der Waals surface area contributed by atoms with E-state index in [1.165, 1.54) is 6.20 Å². The van der Waals surface area contributed by atoms with E-state index >= 15 is 0 Å². The minimum Gasteiger partial charge on any atom is -0.385 e. The van der Waals surface area contributed by atoms with Crippen LogP contribution in [0.25, 0.3) is 16.9 Å². The van der Waals surface area contributed by atoms with E-state index in [2.05, 4.69) is 9.97 Å². The van der Waals surface area contributed by atoms with Gasteiger partial charge in [0.25, 0.3) is 0 Å². The first kappa shape index (κ1) is 11.2. The SMILES string of the molecule is NC(=O)c1cnc2c(c1)cc(N)n2-c1ccccn1. The molecule has 94 valence electrons. The lowest BCUT2D eigenvalue weighted by atomic mass is 10.2. The van der Waals surface area contributed by atoms with E-state index in [1.54, 1.807) is 22.9 Å². The molecule has 0 bridgehead atoms. The van der Waals surface area contributed by atoms with Gasteiger partial charge in [-0.05, 0) is 24.3 Å². The quantitative estimate of drug-likeness (QED) is 0.714. The van der Waals surface area contributed by atoms with Crippen LogP contribution < -0.4 is 11.5 Å². The molecule has 3 heterocycles. The number of carbonyl (C=O) groups is 1. The van der Waals surface area contributed by atoms with E-state index < -0.39 is 5.91 Å². The van der Waals surface area contributed by atoms with Gasteiger partial charge < -0.3 is 11.5 Å². The summed E-state index contributed by atoms with van der Waals surface area (Å²) in [5.41, 5.74) is 12.2. The van der Waals surface area contributed by atoms with Gasteiger partial charge in [0, 0.05) is 17.8 Å². The summed E-state index contributed by atoms with van der Waals surface area (Å²) in [5, 5.41) is 0.749. The Morgan fingerprint density at radius 3 is 2.74 bits per heavy atom. The number of nitrogen functional groups attached to an aromatic ring is 1. The fourth-order valence-electron chi connectivity index (χ4n) is 1.98. The Morgan fingerprint density at radius 1 is 1.21 bits per heavy atom. The lowest BCUT2D eigenvalue weighted by Crippen LogP contribution is -2.11. The number of aromatic nitrogens is 3. The standard InChI is InChI=1S/C13H11N5O/c14-10-6-8-5-9(12(15)19)7-17-13(8)18(10)11-3-1-2-4-16-11/h1-7H,14H2,(H2,15,19). The molecule has 6 nitrogen and oxygen atoms in total. The molecule has 0 aliphatic rings. The van der Waals surface area contributed by atoms with Crippen molar-refractivity contribution >= 4 is 22.8 Å². The lowest BCUT2D eigenvalue weighted by Gasteiger charge is -2.05. The number of hydrogen-bond donors (Lipinski definition) is 2. The second-order valence-electron chi connectivity index (χ2n) is 4.09. The van der Waals surface area contributed by atoms with Crippen LogP contribution in [0.5, 0.6) is 0 Å². The topological polar surface area (TPSA) is 99.8 Å². The molecule has 3 aromatic heterocycles. The molecular formula is C13H11N5O. The zero-order valence-corrected chi connectivity index (χ0v) is 9.95. The van der Waals surface area contributed by atoms with E-state index in [9.17, 15) is 4.79 Å². The second kappa shape index (κ2) is 4.09. The highest BCUT2D eigenvalue weighted by molar-refractivity contribution is 5.96. The van der Waals surface area contributed by atoms with Gasteiger partial charge in [-0.3, -0.25) is 9.36 Å². The van der Waals surface area contributed by atoms with Crippen molar-refractivity contribution in [2.24, 2.45) is 5.73 Å². The number of anilines is 1. The third-order valence-electron chi connectivity index (χ3n) is 2.83. The van der Waals surface area contributed by atoms with Gasteiger partial charge in [0.15, 0.2) is 0 Å². The number of pyridine rings is 2. The largest absolute Gasteiger partial charge is 0.385 e. The molecule has 0 saturated heterocycles. The molecule has 3 rings (SSSR count). The van der Waals surface area contributed by atoms with Crippen LogP contribution in [0.15, 0.2) is 42.7 Å². The number of fused-ring (bicyclic) bond motifs is 1. The van der Waals surface area contributed by atoms with Gasteiger partial charge in [-0.2, -0.15) is 0 Å². The smallest absolute Gasteiger partial charge is 0.250 e. The Hall–Kier alpha value is -2.89. The first-order chi connectivity index (χ1) is 9.16. The highest BCUT2D eigenvalue weighted by Crippen LogP contribution is 2.23. The molecule has 0 radical (unpaired) electrons. The average molecular weight is 253 g/mol. The normalized spacial score (nSPS) is 10.7. The maximum absolute atomic E-state index is 11.1. The predicted molar refractivity (Wildman–Crippen MR) is 71.8 cm³/mol. The number of primary amides is 1. The van der Waals surface area contributed by atoms with Gasteiger partial charge in [-0.15, -0.1) is 0 Å². The van der Waals surface area contributed by atoms with Crippen LogP contribution >= 0.6 is 0 Å². The van der Waals surface area contributed by atoms with Crippen molar-refractivity contribution in [1.29, 1.82) is 0 Å². The van der Waals surface area contributed by atoms with Crippen molar-refractivity contribution in [3.8, 4) is 5.82 Å². The third-order valence-corrected chi connectivity index (χ3v) is 2.83. The lowest BCUT2D eigenvalue weighted by molar-refractivity contribution is 0.1000. The van der Waals surface area contributed by atoms with Crippen molar-refractivity contribution in [2.45, 2.75) is 0 Å². The molecule has 0 atom stereocenters. The number of nitrogens with two attached hydrogens (primary N) is 2. The van der Waals surface area contributed by atoms with Crippen LogP contribution in [0.2, 0.25) is 0 Å². The van der Waals surface area contributed by atoms with E-state index in [0.29, 0.717) is 22.8 Å². The summed E-state index contributed by atoms with van der Waals surface area (Å²) in [4.78, 5) is 19.6. The van der Waals surface area contributed by atoms with Crippen LogP contribution in [0.4, 0.5) is 5.82 Å². The molecule has 0 spiro atoms. The Bertz CT molecular complexity index is 763. The van der Waals surface area contributed by atoms with Gasteiger partial charge in [0.2, 0.25) is 5.91 Å². The number of amides is 1. The van der Waals surface area contributed by atoms with Gasteiger partial charge in [-0.1, -0.05) is 6.07 Å². The fraction of sp³-hybridized carbons (Fsp3) is 0. The van der Waals surface area contributed by atoms with Gasteiger partial charge >= 0.3 is 0 Å². The Balaban J connectivity index is 2.27. The van der Waals surface area contributed by atoms with Crippen molar-refractivity contribution < 1.29 is 4.79 Å². The number of carbonyl (C=O) groups excluding carboxylic acids is 1. The maximum Gasteiger partial charge on any atom is 0.250 e. The van der Waals surface area contributed by atoms with Crippen LogP contribution in [0.3, 0.4) is 0 Å². The first-order valence-electron chi connectivity index (χ1n) is 5.65. The number of nitrogens with zero attached hydrogens (tertiary/aromatic N) is 3. The Morgan fingerprint density at radius 2 is 2.05 bits per heavy atom. The molecule has 19 heavy (non-hydrogen) atoms. The molecule has 0 aliphatic heterocycles.